The predicted octanol–water partition coefficient (Wildman–Crippen LogP) is 4.37. The minimum absolute atomic E-state index is 0.0916. The van der Waals surface area contributed by atoms with Gasteiger partial charge < -0.3 is 24.5 Å². The van der Waals surface area contributed by atoms with Gasteiger partial charge in [-0.2, -0.15) is 13.2 Å². The van der Waals surface area contributed by atoms with Crippen LogP contribution < -0.4 is 25.7 Å². The number of aryl methyl sites for hydroxylation is 1. The molecule has 0 aliphatic carbocycles. The van der Waals surface area contributed by atoms with Crippen LogP contribution in [0.1, 0.15) is 25.1 Å². The molecule has 1 aliphatic rings. The fraction of sp³-hybridized carbons (Fsp3) is 0.333. The molecule has 3 aromatic rings. The van der Waals surface area contributed by atoms with E-state index in [4.69, 9.17) is 14.2 Å². The van der Waals surface area contributed by atoms with Gasteiger partial charge in [0.25, 0.3) is 5.56 Å². The number of hydrogen-bond donors (Lipinski definition) is 3. The molecule has 1 aromatic carbocycles. The summed E-state index contributed by atoms with van der Waals surface area (Å²) < 4.78 is 56.8. The lowest BCUT2D eigenvalue weighted by atomic mass is 10.0. The summed E-state index contributed by atoms with van der Waals surface area (Å²) in [4.78, 5) is 35.4. The number of halogens is 3. The quantitative estimate of drug-likeness (QED) is 0.423. The van der Waals surface area contributed by atoms with Gasteiger partial charge in [0, 0.05) is 17.4 Å². The number of ether oxygens (including phenoxy) is 3. The number of urea groups is 1. The Bertz CT molecular complexity index is 1370. The first kappa shape index (κ1) is 25.9. The Labute approximate surface area is 209 Å². The molecule has 196 valence electrons. The number of benzene rings is 1. The third-order valence-electron chi connectivity index (χ3n) is 5.36. The van der Waals surface area contributed by atoms with Crippen LogP contribution in [0.3, 0.4) is 0 Å². The van der Waals surface area contributed by atoms with Gasteiger partial charge in [-0.15, -0.1) is 0 Å². The number of carbonyl (C=O) groups excluding carboxylic acids is 1. The Morgan fingerprint density at radius 3 is 2.59 bits per heavy atom. The van der Waals surface area contributed by atoms with Crippen molar-refractivity contribution in [3.8, 4) is 22.8 Å². The first-order chi connectivity index (χ1) is 17.5. The van der Waals surface area contributed by atoms with Crippen LogP contribution in [0.2, 0.25) is 0 Å². The highest BCUT2D eigenvalue weighted by molar-refractivity contribution is 5.99. The molecule has 3 heterocycles. The Hall–Kier alpha value is -4.13. The lowest BCUT2D eigenvalue weighted by Crippen LogP contribution is -2.51. The summed E-state index contributed by atoms with van der Waals surface area (Å²) in [5.41, 5.74) is -1.04. The van der Waals surface area contributed by atoms with E-state index in [1.807, 2.05) is 0 Å². The van der Waals surface area contributed by atoms with Gasteiger partial charge in [-0.3, -0.25) is 10.1 Å². The number of amides is 2. The van der Waals surface area contributed by atoms with Crippen LogP contribution in [0.4, 0.5) is 29.5 Å². The number of nitrogens with one attached hydrogen (secondary N) is 3. The molecule has 3 N–H and O–H groups in total. The van der Waals surface area contributed by atoms with Crippen molar-refractivity contribution in [2.75, 3.05) is 30.5 Å². The number of pyridine rings is 1. The first-order valence-corrected chi connectivity index (χ1v) is 11.2. The molecule has 0 radical (unpaired) electrons. The number of aromatic nitrogens is 3. The number of alkyl halides is 3. The van der Waals surface area contributed by atoms with Gasteiger partial charge in [-0.05, 0) is 45.0 Å². The minimum atomic E-state index is -4.70. The number of nitrogens with zero attached hydrogens (tertiary/aromatic N) is 2. The third-order valence-corrected chi connectivity index (χ3v) is 5.36. The van der Waals surface area contributed by atoms with Crippen LogP contribution in [-0.2, 0) is 10.9 Å². The molecular weight excluding hydrogens is 495 g/mol. The smallest absolute Gasteiger partial charge is 0.420 e. The summed E-state index contributed by atoms with van der Waals surface area (Å²) in [7, 11) is 0. The molecule has 0 atom stereocenters. The van der Waals surface area contributed by atoms with Gasteiger partial charge in [0.1, 0.15) is 5.75 Å². The lowest BCUT2D eigenvalue weighted by molar-refractivity contribution is -0.160. The topological polar surface area (TPSA) is 127 Å². The van der Waals surface area contributed by atoms with Crippen molar-refractivity contribution in [3.63, 3.8) is 0 Å². The summed E-state index contributed by atoms with van der Waals surface area (Å²) in [6.45, 7) is 5.67. The normalized spacial score (nSPS) is 14.4. The maximum atomic E-state index is 13.6. The molecular formula is C24H24F3N5O5. The van der Waals surface area contributed by atoms with E-state index in [0.717, 1.165) is 12.1 Å². The fourth-order valence-electron chi connectivity index (χ4n) is 3.52. The van der Waals surface area contributed by atoms with Crippen molar-refractivity contribution in [2.24, 2.45) is 0 Å². The van der Waals surface area contributed by atoms with Crippen LogP contribution in [0.5, 0.6) is 11.5 Å². The van der Waals surface area contributed by atoms with E-state index in [-0.39, 0.29) is 41.8 Å². The molecule has 13 heteroatoms. The van der Waals surface area contributed by atoms with E-state index in [0.29, 0.717) is 23.6 Å². The maximum Gasteiger partial charge on any atom is 0.420 e. The Balaban J connectivity index is 1.48. The van der Waals surface area contributed by atoms with Crippen LogP contribution in [0, 0.1) is 6.92 Å². The average molecular weight is 519 g/mol. The van der Waals surface area contributed by atoms with Crippen molar-refractivity contribution >= 4 is 17.5 Å². The predicted molar refractivity (Wildman–Crippen MR) is 128 cm³/mol. The summed E-state index contributed by atoms with van der Waals surface area (Å²) in [6, 6.07) is 3.97. The van der Waals surface area contributed by atoms with E-state index < -0.39 is 23.4 Å². The number of hydrogen-bond acceptors (Lipinski definition) is 7. The molecule has 4 rings (SSSR count). The lowest BCUT2D eigenvalue weighted by Gasteiger charge is -2.38. The maximum absolute atomic E-state index is 13.6. The molecule has 2 amide bonds. The molecule has 0 saturated carbocycles. The van der Waals surface area contributed by atoms with E-state index >= 15 is 0 Å². The summed E-state index contributed by atoms with van der Waals surface area (Å²) >= 11 is 0. The molecule has 10 nitrogen and oxygen atoms in total. The van der Waals surface area contributed by atoms with Crippen molar-refractivity contribution in [3.05, 3.63) is 58.3 Å². The highest BCUT2D eigenvalue weighted by Gasteiger charge is 2.40. The van der Waals surface area contributed by atoms with Crippen LogP contribution in [-0.4, -0.2) is 46.4 Å². The summed E-state index contributed by atoms with van der Waals surface area (Å²) in [6.07, 6.45) is -1.87. The van der Waals surface area contributed by atoms with E-state index in [1.165, 1.54) is 24.5 Å². The van der Waals surface area contributed by atoms with Crippen molar-refractivity contribution in [2.45, 2.75) is 32.5 Å². The number of rotatable bonds is 7. The van der Waals surface area contributed by atoms with Gasteiger partial charge >= 0.3 is 12.2 Å². The number of aromatic amines is 1. The standard InChI is InChI=1S/C24H24F3N5O5/c1-4-36-19-7-14(9-29-21(19)33)17-10-28-20(13(2)30-17)32-22(34)31-15-5-6-18(16(8-15)24(25,26)27)37-23(3)11-35-12-23/h5-10H,4,11-12H2,1-3H3,(H,29,33)(H2,28,31,32,34). The minimum Gasteiger partial charge on any atom is -0.488 e. The number of carbonyl (C=O) groups is 1. The molecule has 0 spiro atoms. The van der Waals surface area contributed by atoms with Crippen molar-refractivity contribution in [1.29, 1.82) is 0 Å². The Morgan fingerprint density at radius 1 is 1.22 bits per heavy atom. The van der Waals surface area contributed by atoms with Crippen LogP contribution in [0.15, 0.2) is 41.5 Å². The highest BCUT2D eigenvalue weighted by Crippen LogP contribution is 2.40. The zero-order valence-corrected chi connectivity index (χ0v) is 20.2. The first-order valence-electron chi connectivity index (χ1n) is 11.2. The van der Waals surface area contributed by atoms with Crippen molar-refractivity contribution in [1.82, 2.24) is 15.0 Å². The van der Waals surface area contributed by atoms with E-state index in [1.54, 1.807) is 20.8 Å². The van der Waals surface area contributed by atoms with Gasteiger partial charge in [0.05, 0.1) is 43.0 Å². The number of anilines is 2. The second-order valence-electron chi connectivity index (χ2n) is 8.54. The molecule has 0 unspecified atom stereocenters. The van der Waals surface area contributed by atoms with Gasteiger partial charge in [0.2, 0.25) is 0 Å². The highest BCUT2D eigenvalue weighted by atomic mass is 19.4. The largest absolute Gasteiger partial charge is 0.488 e. The SMILES string of the molecule is CCOc1cc(-c2cnc(NC(=O)Nc3ccc(OC4(C)COC4)c(C(F)(F)F)c3)c(C)n2)c[nH]c1=O. The third kappa shape index (κ3) is 6.00. The van der Waals surface area contributed by atoms with E-state index in [2.05, 4.69) is 25.6 Å². The monoisotopic (exact) mass is 519 g/mol. The summed E-state index contributed by atoms with van der Waals surface area (Å²) in [5.74, 6) is -0.119. The van der Waals surface area contributed by atoms with E-state index in [9.17, 15) is 22.8 Å². The zero-order chi connectivity index (χ0) is 26.8. The van der Waals surface area contributed by atoms with Crippen molar-refractivity contribution < 1.29 is 32.2 Å². The fourth-order valence-corrected chi connectivity index (χ4v) is 3.52. The Kier molecular flexibility index (Phi) is 7.07. The van der Waals surface area contributed by atoms with Crippen LogP contribution >= 0.6 is 0 Å². The average Bonchev–Trinajstić information content (AvgIpc) is 2.81. The second-order valence-corrected chi connectivity index (χ2v) is 8.54. The van der Waals surface area contributed by atoms with Gasteiger partial charge in [-0.1, -0.05) is 0 Å². The molecule has 0 bridgehead atoms. The van der Waals surface area contributed by atoms with Crippen LogP contribution in [0.25, 0.3) is 11.3 Å². The van der Waals surface area contributed by atoms with Gasteiger partial charge in [0.15, 0.2) is 17.2 Å². The molecule has 1 saturated heterocycles. The molecule has 1 aliphatic heterocycles. The second kappa shape index (κ2) is 10.1. The van der Waals surface area contributed by atoms with Gasteiger partial charge in [-0.25, -0.2) is 14.8 Å². The zero-order valence-electron chi connectivity index (χ0n) is 20.2. The number of H-pyrrole nitrogens is 1. The molecule has 37 heavy (non-hydrogen) atoms. The molecule has 1 fully saturated rings. The summed E-state index contributed by atoms with van der Waals surface area (Å²) in [5, 5.41) is 4.84. The molecule has 2 aromatic heterocycles. The Morgan fingerprint density at radius 2 is 1.97 bits per heavy atom.